The van der Waals surface area contributed by atoms with E-state index in [1.165, 1.54) is 36.6 Å². The highest BCUT2D eigenvalue weighted by molar-refractivity contribution is 7.89. The van der Waals surface area contributed by atoms with E-state index in [2.05, 4.69) is 4.72 Å². The van der Waals surface area contributed by atoms with Crippen molar-refractivity contribution in [2.45, 2.75) is 30.7 Å². The number of allylic oxidation sites excluding steroid dienone is 1. The van der Waals surface area contributed by atoms with Gasteiger partial charge < -0.3 is 14.1 Å². The fraction of sp³-hybridized carbons (Fsp3) is 0.231. The van der Waals surface area contributed by atoms with Gasteiger partial charge in [0.15, 0.2) is 12.4 Å². The molecule has 4 rings (SSSR count). The van der Waals surface area contributed by atoms with E-state index in [0.29, 0.717) is 5.76 Å². The van der Waals surface area contributed by atoms with Crippen LogP contribution < -0.4 is 9.62 Å². The monoisotopic (exact) mass is 494 g/mol. The predicted molar refractivity (Wildman–Crippen MR) is 130 cm³/mol. The fourth-order valence-electron chi connectivity index (χ4n) is 4.11. The van der Waals surface area contributed by atoms with Gasteiger partial charge in [-0.1, -0.05) is 32.0 Å². The fourth-order valence-corrected chi connectivity index (χ4v) is 5.10. The quantitative estimate of drug-likeness (QED) is 0.375. The van der Waals surface area contributed by atoms with Gasteiger partial charge >= 0.3 is 5.97 Å². The molecule has 0 saturated carbocycles. The number of likely N-dealkylation sites (N-methyl/N-ethyl adjacent to an activating group) is 1. The summed E-state index contributed by atoms with van der Waals surface area (Å²) in [5.41, 5.74) is 2.74. The number of nitrogens with one attached hydrogen (secondary N) is 1. The number of nitrogens with zero attached hydrogens (tertiary/aromatic N) is 1. The Labute approximate surface area is 204 Å². The van der Waals surface area contributed by atoms with Gasteiger partial charge in [0.25, 0.3) is 0 Å². The summed E-state index contributed by atoms with van der Waals surface area (Å²) in [6.45, 7) is 3.67. The molecule has 1 aliphatic rings. The van der Waals surface area contributed by atoms with Gasteiger partial charge in [-0.15, -0.1) is 0 Å². The van der Waals surface area contributed by atoms with Crippen LogP contribution >= 0.6 is 0 Å². The lowest BCUT2D eigenvalue weighted by Crippen LogP contribution is -2.25. The summed E-state index contributed by atoms with van der Waals surface area (Å²) in [6, 6.07) is 16.6. The van der Waals surface area contributed by atoms with Crippen molar-refractivity contribution < 1.29 is 27.2 Å². The Morgan fingerprint density at radius 2 is 1.77 bits per heavy atom. The number of rotatable bonds is 8. The summed E-state index contributed by atoms with van der Waals surface area (Å²) >= 11 is 0. The van der Waals surface area contributed by atoms with Crippen LogP contribution in [0.2, 0.25) is 0 Å². The topological polar surface area (TPSA) is 106 Å². The number of para-hydroxylation sites is 1. The van der Waals surface area contributed by atoms with E-state index >= 15 is 0 Å². The van der Waals surface area contributed by atoms with Crippen molar-refractivity contribution in [3.05, 3.63) is 95.6 Å². The molecular formula is C26H26N2O6S. The van der Waals surface area contributed by atoms with Crippen LogP contribution in [0.4, 0.5) is 5.69 Å². The first-order chi connectivity index (χ1) is 16.6. The smallest absolute Gasteiger partial charge is 0.338 e. The number of fused-ring (bicyclic) bond motifs is 1. The minimum Gasteiger partial charge on any atom is -0.468 e. The molecule has 0 saturated heterocycles. The van der Waals surface area contributed by atoms with Crippen LogP contribution in [0.3, 0.4) is 0 Å². The third-order valence-electron chi connectivity index (χ3n) is 6.00. The molecule has 182 valence electrons. The zero-order valence-corrected chi connectivity index (χ0v) is 20.5. The van der Waals surface area contributed by atoms with E-state index in [9.17, 15) is 18.0 Å². The second-order valence-corrected chi connectivity index (χ2v) is 10.5. The molecule has 0 atom stereocenters. The van der Waals surface area contributed by atoms with Gasteiger partial charge in [0.1, 0.15) is 5.76 Å². The van der Waals surface area contributed by atoms with Gasteiger partial charge in [-0.25, -0.2) is 17.9 Å². The molecule has 0 aliphatic carbocycles. The van der Waals surface area contributed by atoms with Crippen LogP contribution in [-0.2, 0) is 31.5 Å². The Hall–Kier alpha value is -3.69. The standard InChI is InChI=1S/C26H26N2O6S/c1-26(2)22-8-4-5-9-23(22)28(3)24(26)15-19(29)17-34-25(30)18-10-12-21(13-11-18)35(31,32)27-16-20-7-6-14-33-20/h4-15,27H,16-17H2,1-3H3. The molecule has 0 fully saturated rings. The predicted octanol–water partition coefficient (Wildman–Crippen LogP) is 3.80. The van der Waals surface area contributed by atoms with Gasteiger partial charge in [0.2, 0.25) is 10.0 Å². The number of anilines is 1. The van der Waals surface area contributed by atoms with Crippen LogP contribution in [0.25, 0.3) is 0 Å². The third-order valence-corrected chi connectivity index (χ3v) is 7.42. The first-order valence-corrected chi connectivity index (χ1v) is 12.5. The van der Waals surface area contributed by atoms with E-state index in [4.69, 9.17) is 9.15 Å². The lowest BCUT2D eigenvalue weighted by Gasteiger charge is -2.23. The maximum atomic E-state index is 12.6. The van der Waals surface area contributed by atoms with Crippen molar-refractivity contribution in [1.29, 1.82) is 0 Å². The number of furan rings is 1. The van der Waals surface area contributed by atoms with Crippen molar-refractivity contribution >= 4 is 27.5 Å². The first-order valence-electron chi connectivity index (χ1n) is 11.0. The van der Waals surface area contributed by atoms with E-state index < -0.39 is 22.6 Å². The van der Waals surface area contributed by atoms with Crippen LogP contribution in [-0.4, -0.2) is 33.8 Å². The number of carbonyl (C=O) groups excluding carboxylic acids is 2. The number of ether oxygens (including phenoxy) is 1. The van der Waals surface area contributed by atoms with Gasteiger partial charge in [-0.2, -0.15) is 0 Å². The van der Waals surface area contributed by atoms with Crippen molar-refractivity contribution in [3.8, 4) is 0 Å². The molecule has 1 aromatic heterocycles. The van der Waals surface area contributed by atoms with Crippen molar-refractivity contribution in [1.82, 2.24) is 4.72 Å². The van der Waals surface area contributed by atoms with E-state index in [0.717, 1.165) is 16.9 Å². The lowest BCUT2D eigenvalue weighted by atomic mass is 9.83. The summed E-state index contributed by atoms with van der Waals surface area (Å²) < 4.78 is 37.6. The summed E-state index contributed by atoms with van der Waals surface area (Å²) in [6.07, 6.45) is 2.96. The Kier molecular flexibility index (Phi) is 6.64. The van der Waals surface area contributed by atoms with Crippen molar-refractivity contribution in [3.63, 3.8) is 0 Å². The largest absolute Gasteiger partial charge is 0.468 e. The molecule has 0 radical (unpaired) electrons. The summed E-state index contributed by atoms with van der Waals surface area (Å²) in [5.74, 6) is -0.585. The third kappa shape index (κ3) is 5.06. The number of sulfonamides is 1. The zero-order valence-electron chi connectivity index (χ0n) is 19.6. The van der Waals surface area contributed by atoms with Crippen LogP contribution in [0.15, 0.2) is 88.0 Å². The molecule has 2 heterocycles. The van der Waals surface area contributed by atoms with E-state index in [-0.39, 0.29) is 28.2 Å². The molecule has 1 N–H and O–H groups in total. The van der Waals surface area contributed by atoms with Crippen LogP contribution in [0, 0.1) is 0 Å². The normalized spacial score (nSPS) is 15.7. The Bertz CT molecular complexity index is 1370. The molecule has 1 aliphatic heterocycles. The maximum absolute atomic E-state index is 12.6. The van der Waals surface area contributed by atoms with Crippen molar-refractivity contribution in [2.75, 3.05) is 18.6 Å². The highest BCUT2D eigenvalue weighted by Crippen LogP contribution is 2.46. The van der Waals surface area contributed by atoms with E-state index in [1.54, 1.807) is 12.1 Å². The Balaban J connectivity index is 1.37. The molecular weight excluding hydrogens is 468 g/mol. The molecule has 2 aromatic carbocycles. The number of hydrogen-bond acceptors (Lipinski definition) is 7. The first kappa shape index (κ1) is 24.4. The molecule has 0 amide bonds. The Morgan fingerprint density at radius 1 is 1.06 bits per heavy atom. The SMILES string of the molecule is CN1C(=CC(=O)COC(=O)c2ccc(S(=O)(=O)NCc3ccco3)cc2)C(C)(C)c2ccccc21. The summed E-state index contributed by atoms with van der Waals surface area (Å²) in [4.78, 5) is 27.0. The van der Waals surface area contributed by atoms with Crippen LogP contribution in [0.1, 0.15) is 35.5 Å². The number of benzene rings is 2. The minimum atomic E-state index is -3.79. The molecule has 3 aromatic rings. The van der Waals surface area contributed by atoms with Gasteiger partial charge in [0, 0.05) is 29.9 Å². The summed E-state index contributed by atoms with van der Waals surface area (Å²) in [5, 5.41) is 0. The van der Waals surface area contributed by atoms with Gasteiger partial charge in [-0.3, -0.25) is 4.79 Å². The second kappa shape index (κ2) is 9.52. The number of hydrogen-bond donors (Lipinski definition) is 1. The number of carbonyl (C=O) groups is 2. The van der Waals surface area contributed by atoms with Gasteiger partial charge in [-0.05, 0) is 48.0 Å². The molecule has 0 unspecified atom stereocenters. The number of esters is 1. The second-order valence-electron chi connectivity index (χ2n) is 8.70. The molecule has 0 bridgehead atoms. The molecule has 8 nitrogen and oxygen atoms in total. The average molecular weight is 495 g/mol. The molecule has 0 spiro atoms. The highest BCUT2D eigenvalue weighted by Gasteiger charge is 2.38. The van der Waals surface area contributed by atoms with Gasteiger partial charge in [0.05, 0.1) is 23.3 Å². The molecule has 35 heavy (non-hydrogen) atoms. The average Bonchev–Trinajstić information content (AvgIpc) is 3.43. The van der Waals surface area contributed by atoms with Crippen molar-refractivity contribution in [2.24, 2.45) is 0 Å². The molecule has 9 heteroatoms. The Morgan fingerprint density at radius 3 is 2.43 bits per heavy atom. The lowest BCUT2D eigenvalue weighted by molar-refractivity contribution is -0.117. The van der Waals surface area contributed by atoms with Crippen LogP contribution in [0.5, 0.6) is 0 Å². The zero-order chi connectivity index (χ0) is 25.2. The maximum Gasteiger partial charge on any atom is 0.338 e. The number of ketones is 1. The highest BCUT2D eigenvalue weighted by atomic mass is 32.2. The minimum absolute atomic E-state index is 0.00696. The van der Waals surface area contributed by atoms with E-state index in [1.807, 2.05) is 50.1 Å². The summed E-state index contributed by atoms with van der Waals surface area (Å²) in [7, 11) is -1.89.